The normalized spacial score (nSPS) is 13.7. The number of benzene rings is 1. The summed E-state index contributed by atoms with van der Waals surface area (Å²) in [5.74, 6) is 0.401. The van der Waals surface area contributed by atoms with Crippen LogP contribution < -0.4 is 0 Å². The van der Waals surface area contributed by atoms with Crippen LogP contribution in [0, 0.1) is 0 Å². The molecule has 0 radical (unpaired) electrons. The van der Waals surface area contributed by atoms with Crippen molar-refractivity contribution in [3.05, 3.63) is 59.8 Å². The molecule has 0 saturated carbocycles. The van der Waals surface area contributed by atoms with Crippen LogP contribution in [0.4, 0.5) is 0 Å². The minimum atomic E-state index is 0.401. The molecule has 0 saturated heterocycles. The standard InChI is InChI=1S/C18H23N/c1-5-14(4)10-11-15(13(2)3)17-12-19-18-9-7-6-8-16(17)18/h6-10,12,15,19H,2,5,11H2,1,3-4H3/b14-10+. The lowest BCUT2D eigenvalue weighted by atomic mass is 9.89. The average Bonchev–Trinajstić information content (AvgIpc) is 2.82. The van der Waals surface area contributed by atoms with E-state index in [2.05, 4.69) is 68.9 Å². The maximum atomic E-state index is 4.18. The van der Waals surface area contributed by atoms with Crippen LogP contribution in [-0.2, 0) is 0 Å². The van der Waals surface area contributed by atoms with Crippen LogP contribution in [0.5, 0.6) is 0 Å². The van der Waals surface area contributed by atoms with Gasteiger partial charge in [-0.1, -0.05) is 48.9 Å². The van der Waals surface area contributed by atoms with Crippen molar-refractivity contribution in [2.45, 2.75) is 39.5 Å². The first-order valence-corrected chi connectivity index (χ1v) is 7.00. The highest BCUT2D eigenvalue weighted by Gasteiger charge is 2.15. The molecule has 1 N–H and O–H groups in total. The van der Waals surface area contributed by atoms with Crippen molar-refractivity contribution in [3.63, 3.8) is 0 Å². The van der Waals surface area contributed by atoms with E-state index in [0.717, 1.165) is 12.8 Å². The highest BCUT2D eigenvalue weighted by atomic mass is 14.7. The summed E-state index contributed by atoms with van der Waals surface area (Å²) >= 11 is 0. The maximum Gasteiger partial charge on any atom is 0.0457 e. The summed E-state index contributed by atoms with van der Waals surface area (Å²) in [6, 6.07) is 8.48. The lowest BCUT2D eigenvalue weighted by Gasteiger charge is -2.15. The minimum absolute atomic E-state index is 0.401. The van der Waals surface area contributed by atoms with Crippen molar-refractivity contribution in [2.24, 2.45) is 0 Å². The zero-order valence-corrected chi connectivity index (χ0v) is 12.2. The van der Waals surface area contributed by atoms with E-state index in [-0.39, 0.29) is 0 Å². The van der Waals surface area contributed by atoms with Crippen LogP contribution >= 0.6 is 0 Å². The van der Waals surface area contributed by atoms with Crippen molar-refractivity contribution in [2.75, 3.05) is 0 Å². The second-order valence-electron chi connectivity index (χ2n) is 5.33. The highest BCUT2D eigenvalue weighted by molar-refractivity contribution is 5.84. The molecule has 1 heteroatoms. The first kappa shape index (κ1) is 13.7. The van der Waals surface area contributed by atoms with Gasteiger partial charge in [-0.2, -0.15) is 0 Å². The molecule has 0 bridgehead atoms. The van der Waals surface area contributed by atoms with E-state index < -0.39 is 0 Å². The number of hydrogen-bond acceptors (Lipinski definition) is 0. The van der Waals surface area contributed by atoms with E-state index >= 15 is 0 Å². The number of nitrogens with one attached hydrogen (secondary N) is 1. The number of allylic oxidation sites excluding steroid dienone is 3. The second kappa shape index (κ2) is 5.92. The van der Waals surface area contributed by atoms with Crippen molar-refractivity contribution in [3.8, 4) is 0 Å². The Bertz CT molecular complexity index is 601. The summed E-state index contributed by atoms with van der Waals surface area (Å²) in [6.07, 6.45) is 6.65. The fourth-order valence-corrected chi connectivity index (χ4v) is 2.44. The zero-order valence-electron chi connectivity index (χ0n) is 12.2. The summed E-state index contributed by atoms with van der Waals surface area (Å²) in [6.45, 7) is 10.7. The van der Waals surface area contributed by atoms with E-state index in [1.54, 1.807) is 0 Å². The number of H-pyrrole nitrogens is 1. The van der Waals surface area contributed by atoms with E-state index in [1.807, 2.05) is 0 Å². The molecule has 1 nitrogen and oxygen atoms in total. The van der Waals surface area contributed by atoms with Crippen LogP contribution in [-0.4, -0.2) is 4.98 Å². The minimum Gasteiger partial charge on any atom is -0.361 e. The van der Waals surface area contributed by atoms with Gasteiger partial charge >= 0.3 is 0 Å². The quantitative estimate of drug-likeness (QED) is 0.670. The number of rotatable bonds is 5. The molecule has 2 rings (SSSR count). The Labute approximate surface area is 116 Å². The van der Waals surface area contributed by atoms with Crippen molar-refractivity contribution in [1.82, 2.24) is 4.98 Å². The topological polar surface area (TPSA) is 15.8 Å². The van der Waals surface area contributed by atoms with Crippen molar-refractivity contribution < 1.29 is 0 Å². The largest absolute Gasteiger partial charge is 0.361 e. The molecule has 19 heavy (non-hydrogen) atoms. The Morgan fingerprint density at radius 1 is 1.32 bits per heavy atom. The molecule has 0 spiro atoms. The molecule has 1 aromatic heterocycles. The molecule has 0 fully saturated rings. The smallest absolute Gasteiger partial charge is 0.0457 e. The average molecular weight is 253 g/mol. The first-order valence-electron chi connectivity index (χ1n) is 7.00. The van der Waals surface area contributed by atoms with Crippen LogP contribution in [0.3, 0.4) is 0 Å². The number of hydrogen-bond donors (Lipinski definition) is 1. The third kappa shape index (κ3) is 2.98. The second-order valence-corrected chi connectivity index (χ2v) is 5.33. The van der Waals surface area contributed by atoms with Gasteiger partial charge in [-0.3, -0.25) is 0 Å². The van der Waals surface area contributed by atoms with Gasteiger partial charge in [0, 0.05) is 23.0 Å². The lowest BCUT2D eigenvalue weighted by molar-refractivity contribution is 0.809. The first-order chi connectivity index (χ1) is 9.13. The summed E-state index contributed by atoms with van der Waals surface area (Å²) in [7, 11) is 0. The number of fused-ring (bicyclic) bond motifs is 1. The molecule has 1 atom stereocenters. The van der Waals surface area contributed by atoms with Crippen molar-refractivity contribution in [1.29, 1.82) is 0 Å². The molecule has 1 unspecified atom stereocenters. The number of aromatic nitrogens is 1. The van der Waals surface area contributed by atoms with Gasteiger partial charge < -0.3 is 4.98 Å². The number of aromatic amines is 1. The van der Waals surface area contributed by atoms with Gasteiger partial charge in [-0.05, 0) is 38.3 Å². The molecule has 0 aliphatic carbocycles. The van der Waals surface area contributed by atoms with Gasteiger partial charge in [-0.15, -0.1) is 0 Å². The Hall–Kier alpha value is -1.76. The fourth-order valence-electron chi connectivity index (χ4n) is 2.44. The predicted molar refractivity (Wildman–Crippen MR) is 84.5 cm³/mol. The van der Waals surface area contributed by atoms with Gasteiger partial charge in [0.05, 0.1) is 0 Å². The van der Waals surface area contributed by atoms with Gasteiger partial charge in [0.1, 0.15) is 0 Å². The Balaban J connectivity index is 2.36. The van der Waals surface area contributed by atoms with E-state index in [4.69, 9.17) is 0 Å². The van der Waals surface area contributed by atoms with Gasteiger partial charge in [0.15, 0.2) is 0 Å². The van der Waals surface area contributed by atoms with Gasteiger partial charge in [-0.25, -0.2) is 0 Å². The Kier molecular flexibility index (Phi) is 4.26. The maximum absolute atomic E-state index is 4.18. The van der Waals surface area contributed by atoms with Crippen molar-refractivity contribution >= 4 is 10.9 Å². The molecule has 0 amide bonds. The lowest BCUT2D eigenvalue weighted by Crippen LogP contribution is -1.98. The van der Waals surface area contributed by atoms with E-state index in [9.17, 15) is 0 Å². The SMILES string of the molecule is C=C(C)C(C/C=C(\C)CC)c1c[nH]c2ccccc12. The zero-order chi connectivity index (χ0) is 13.8. The summed E-state index contributed by atoms with van der Waals surface area (Å²) in [5, 5.41) is 1.32. The molecule has 2 aromatic rings. The molecule has 1 heterocycles. The third-order valence-electron chi connectivity index (χ3n) is 3.85. The fraction of sp³-hybridized carbons (Fsp3) is 0.333. The van der Waals surface area contributed by atoms with Crippen LogP contribution in [0.15, 0.2) is 54.3 Å². The molecule has 1 aromatic carbocycles. The molecule has 0 aliphatic heterocycles. The van der Waals surface area contributed by atoms with Crippen LogP contribution in [0.1, 0.15) is 45.1 Å². The van der Waals surface area contributed by atoms with Crippen LogP contribution in [0.2, 0.25) is 0 Å². The summed E-state index contributed by atoms with van der Waals surface area (Å²) in [4.78, 5) is 3.36. The predicted octanol–water partition coefficient (Wildman–Crippen LogP) is 5.57. The van der Waals surface area contributed by atoms with E-state index in [0.29, 0.717) is 5.92 Å². The summed E-state index contributed by atoms with van der Waals surface area (Å²) < 4.78 is 0. The monoisotopic (exact) mass is 253 g/mol. The molecule has 0 aliphatic rings. The Morgan fingerprint density at radius 2 is 2.05 bits per heavy atom. The molecule has 100 valence electrons. The summed E-state index contributed by atoms with van der Waals surface area (Å²) in [5.41, 5.74) is 5.25. The van der Waals surface area contributed by atoms with Gasteiger partial charge in [0.2, 0.25) is 0 Å². The number of para-hydroxylation sites is 1. The third-order valence-corrected chi connectivity index (χ3v) is 3.85. The van der Waals surface area contributed by atoms with Crippen LogP contribution in [0.25, 0.3) is 10.9 Å². The highest BCUT2D eigenvalue weighted by Crippen LogP contribution is 2.33. The molecular formula is C18H23N. The Morgan fingerprint density at radius 3 is 2.74 bits per heavy atom. The van der Waals surface area contributed by atoms with E-state index in [1.165, 1.54) is 27.6 Å². The molecular weight excluding hydrogens is 230 g/mol. The van der Waals surface area contributed by atoms with Gasteiger partial charge in [0.25, 0.3) is 0 Å².